The van der Waals surface area contributed by atoms with Crippen molar-refractivity contribution in [2.45, 2.75) is 31.3 Å². The van der Waals surface area contributed by atoms with Gasteiger partial charge in [-0.25, -0.2) is 0 Å². The summed E-state index contributed by atoms with van der Waals surface area (Å²) in [7, 11) is 1.60. The summed E-state index contributed by atoms with van der Waals surface area (Å²) in [6, 6.07) is 5.48. The zero-order valence-electron chi connectivity index (χ0n) is 13.1. The Morgan fingerprint density at radius 1 is 1.48 bits per heavy atom. The molecule has 120 valence electrons. The Kier molecular flexibility index (Phi) is 4.20. The largest absolute Gasteiger partial charge is 0.497 e. The summed E-state index contributed by atoms with van der Waals surface area (Å²) in [5.74, 6) is 4.04. The Balaban J connectivity index is 1.66. The smallest absolute Gasteiger partial charge is 0.227 e. The average molecular weight is 313 g/mol. The summed E-state index contributed by atoms with van der Waals surface area (Å²) in [6.07, 6.45) is 7.60. The van der Waals surface area contributed by atoms with Crippen molar-refractivity contribution in [3.8, 4) is 23.8 Å². The van der Waals surface area contributed by atoms with E-state index in [0.29, 0.717) is 50.3 Å². The number of amides is 1. The highest BCUT2D eigenvalue weighted by Gasteiger charge is 2.40. The Labute approximate surface area is 135 Å². The molecular formula is C17H19N3O3. The predicted molar refractivity (Wildman–Crippen MR) is 85.7 cm³/mol. The first-order valence-corrected chi connectivity index (χ1v) is 7.66. The number of benzene rings is 1. The van der Waals surface area contributed by atoms with Crippen LogP contribution in [0, 0.1) is 12.3 Å². The highest BCUT2D eigenvalue weighted by molar-refractivity contribution is 5.95. The topological polar surface area (TPSA) is 63.5 Å². The van der Waals surface area contributed by atoms with E-state index in [1.165, 1.54) is 0 Å². The highest BCUT2D eigenvalue weighted by Crippen LogP contribution is 2.39. The summed E-state index contributed by atoms with van der Waals surface area (Å²) in [5.41, 5.74) is 0.328. The molecule has 0 saturated heterocycles. The van der Waals surface area contributed by atoms with Gasteiger partial charge in [-0.2, -0.15) is 10.2 Å². The molecule has 0 radical (unpaired) electrons. The molecule has 0 aromatic heterocycles. The van der Waals surface area contributed by atoms with Gasteiger partial charge in [-0.3, -0.25) is 4.79 Å². The quantitative estimate of drug-likeness (QED) is 0.759. The van der Waals surface area contributed by atoms with E-state index in [1.54, 1.807) is 12.0 Å². The second-order valence-corrected chi connectivity index (χ2v) is 5.61. The van der Waals surface area contributed by atoms with E-state index in [-0.39, 0.29) is 5.91 Å². The number of anilines is 1. The van der Waals surface area contributed by atoms with Crippen molar-refractivity contribution in [2.75, 3.05) is 25.2 Å². The summed E-state index contributed by atoms with van der Waals surface area (Å²) >= 11 is 0. The van der Waals surface area contributed by atoms with Gasteiger partial charge in [0, 0.05) is 31.7 Å². The minimum Gasteiger partial charge on any atom is -0.497 e. The van der Waals surface area contributed by atoms with Crippen molar-refractivity contribution < 1.29 is 14.3 Å². The molecule has 6 heteroatoms. The number of hydrogen-bond donors (Lipinski definition) is 0. The summed E-state index contributed by atoms with van der Waals surface area (Å²) < 4.78 is 10.8. The average Bonchev–Trinajstić information content (AvgIpc) is 3.37. The molecule has 0 unspecified atom stereocenters. The van der Waals surface area contributed by atoms with Crippen LogP contribution < -0.4 is 14.4 Å². The molecule has 6 nitrogen and oxygen atoms in total. The van der Waals surface area contributed by atoms with Crippen LogP contribution >= 0.6 is 0 Å². The second-order valence-electron chi connectivity index (χ2n) is 5.61. The lowest BCUT2D eigenvalue weighted by atomic mass is 10.0. The first kappa shape index (κ1) is 15.3. The standard InChI is InChI=1S/C17H19N3O3/c1-3-4-8-17(18-19-17)9-7-16(21)20-10-11-23-15-6-5-13(22-2)12-14(15)20/h1,5-6,12H,4,7-11H2,2H3. The number of nitrogens with zero attached hydrogens (tertiary/aromatic N) is 3. The first-order valence-electron chi connectivity index (χ1n) is 7.66. The minimum absolute atomic E-state index is 0.0418. The fourth-order valence-electron chi connectivity index (χ4n) is 2.69. The van der Waals surface area contributed by atoms with Gasteiger partial charge in [-0.1, -0.05) is 0 Å². The van der Waals surface area contributed by atoms with Gasteiger partial charge in [0.15, 0.2) is 5.66 Å². The van der Waals surface area contributed by atoms with Crippen LogP contribution in [0.3, 0.4) is 0 Å². The van der Waals surface area contributed by atoms with Crippen LogP contribution in [-0.2, 0) is 4.79 Å². The van der Waals surface area contributed by atoms with Crippen molar-refractivity contribution in [1.82, 2.24) is 0 Å². The molecule has 2 aliphatic heterocycles. The van der Waals surface area contributed by atoms with Gasteiger partial charge < -0.3 is 14.4 Å². The number of carbonyl (C=O) groups excluding carboxylic acids is 1. The number of methoxy groups -OCH3 is 1. The Bertz CT molecular complexity index is 672. The van der Waals surface area contributed by atoms with Crippen molar-refractivity contribution in [3.05, 3.63) is 18.2 Å². The van der Waals surface area contributed by atoms with Gasteiger partial charge >= 0.3 is 0 Å². The van der Waals surface area contributed by atoms with Crippen LogP contribution in [0.1, 0.15) is 25.7 Å². The molecule has 23 heavy (non-hydrogen) atoms. The van der Waals surface area contributed by atoms with Crippen LogP contribution in [-0.4, -0.2) is 31.8 Å². The molecule has 2 aliphatic rings. The lowest BCUT2D eigenvalue weighted by Crippen LogP contribution is -2.38. The second kappa shape index (κ2) is 6.29. The molecule has 0 fully saturated rings. The Morgan fingerprint density at radius 3 is 3.00 bits per heavy atom. The van der Waals surface area contributed by atoms with Crippen molar-refractivity contribution in [2.24, 2.45) is 10.2 Å². The van der Waals surface area contributed by atoms with E-state index in [2.05, 4.69) is 16.1 Å². The number of terminal acetylenes is 1. The van der Waals surface area contributed by atoms with Gasteiger partial charge in [0.2, 0.25) is 5.91 Å². The number of hydrogen-bond acceptors (Lipinski definition) is 5. The maximum atomic E-state index is 12.6. The third-order valence-electron chi connectivity index (χ3n) is 4.12. The Morgan fingerprint density at radius 2 is 2.30 bits per heavy atom. The predicted octanol–water partition coefficient (Wildman–Crippen LogP) is 2.78. The van der Waals surface area contributed by atoms with E-state index in [0.717, 1.165) is 5.69 Å². The maximum absolute atomic E-state index is 12.6. The van der Waals surface area contributed by atoms with E-state index >= 15 is 0 Å². The number of carbonyl (C=O) groups is 1. The molecular weight excluding hydrogens is 294 g/mol. The van der Waals surface area contributed by atoms with E-state index in [1.807, 2.05) is 18.2 Å². The molecule has 3 rings (SSSR count). The zero-order chi connectivity index (χ0) is 16.3. The third kappa shape index (κ3) is 3.29. The van der Waals surface area contributed by atoms with Gasteiger partial charge in [0.1, 0.15) is 18.1 Å². The maximum Gasteiger partial charge on any atom is 0.227 e. The van der Waals surface area contributed by atoms with Crippen molar-refractivity contribution in [3.63, 3.8) is 0 Å². The zero-order valence-corrected chi connectivity index (χ0v) is 13.1. The van der Waals surface area contributed by atoms with Crippen molar-refractivity contribution >= 4 is 11.6 Å². The van der Waals surface area contributed by atoms with Crippen LogP contribution in [0.2, 0.25) is 0 Å². The summed E-state index contributed by atoms with van der Waals surface area (Å²) in [5, 5.41) is 8.15. The summed E-state index contributed by atoms with van der Waals surface area (Å²) in [6.45, 7) is 1.02. The molecule has 2 heterocycles. The molecule has 1 aromatic rings. The van der Waals surface area contributed by atoms with Gasteiger partial charge in [-0.15, -0.1) is 12.3 Å². The molecule has 0 saturated carbocycles. The molecule has 0 bridgehead atoms. The molecule has 1 amide bonds. The number of ether oxygens (including phenoxy) is 2. The van der Waals surface area contributed by atoms with Gasteiger partial charge in [-0.05, 0) is 12.1 Å². The van der Waals surface area contributed by atoms with Crippen LogP contribution in [0.5, 0.6) is 11.5 Å². The minimum atomic E-state index is -0.425. The molecule has 0 atom stereocenters. The lowest BCUT2D eigenvalue weighted by molar-refractivity contribution is -0.119. The van der Waals surface area contributed by atoms with E-state index in [9.17, 15) is 4.79 Å². The van der Waals surface area contributed by atoms with Crippen LogP contribution in [0.25, 0.3) is 0 Å². The third-order valence-corrected chi connectivity index (χ3v) is 4.12. The highest BCUT2D eigenvalue weighted by atomic mass is 16.5. The number of rotatable bonds is 6. The van der Waals surface area contributed by atoms with Gasteiger partial charge in [0.25, 0.3) is 0 Å². The van der Waals surface area contributed by atoms with Crippen LogP contribution in [0.15, 0.2) is 28.4 Å². The van der Waals surface area contributed by atoms with Crippen LogP contribution in [0.4, 0.5) is 5.69 Å². The van der Waals surface area contributed by atoms with E-state index < -0.39 is 5.66 Å². The van der Waals surface area contributed by atoms with Gasteiger partial charge in [0.05, 0.1) is 19.3 Å². The summed E-state index contributed by atoms with van der Waals surface area (Å²) in [4.78, 5) is 14.4. The molecule has 1 aromatic carbocycles. The molecule has 0 aliphatic carbocycles. The molecule has 0 N–H and O–H groups in total. The van der Waals surface area contributed by atoms with Crippen molar-refractivity contribution in [1.29, 1.82) is 0 Å². The lowest BCUT2D eigenvalue weighted by Gasteiger charge is -2.30. The SMILES string of the molecule is C#CCCC1(CCC(=O)N2CCOc3ccc(OC)cc32)N=N1. The fraction of sp³-hybridized carbons (Fsp3) is 0.471. The monoisotopic (exact) mass is 313 g/mol. The normalized spacial score (nSPS) is 17.0. The fourth-order valence-corrected chi connectivity index (χ4v) is 2.69. The molecule has 0 spiro atoms. The Hall–Kier alpha value is -2.55. The van der Waals surface area contributed by atoms with E-state index in [4.69, 9.17) is 15.9 Å². The first-order chi connectivity index (χ1) is 11.2. The number of fused-ring (bicyclic) bond motifs is 1.